The fraction of sp³-hybridized carbons (Fsp3) is 0.941. The van der Waals surface area contributed by atoms with E-state index in [9.17, 15) is 4.79 Å². The van der Waals surface area contributed by atoms with Crippen LogP contribution in [0.4, 0.5) is 0 Å². The van der Waals surface area contributed by atoms with E-state index in [1.54, 1.807) is 0 Å². The summed E-state index contributed by atoms with van der Waals surface area (Å²) in [5.41, 5.74) is 0.477. The fourth-order valence-electron chi connectivity index (χ4n) is 4.21. The quantitative estimate of drug-likeness (QED) is 0.865. The molecular formula is C17H30N2O2. The highest BCUT2D eigenvalue weighted by molar-refractivity contribution is 5.81. The Balaban J connectivity index is 1.51. The number of carbonyl (C=O) groups is 1. The second kappa shape index (κ2) is 6.66. The molecule has 0 aromatic heterocycles. The van der Waals surface area contributed by atoms with Crippen LogP contribution in [0, 0.1) is 5.41 Å². The Kier molecular flexibility index (Phi) is 4.85. The summed E-state index contributed by atoms with van der Waals surface area (Å²) in [5.74, 6) is 0.241. The number of hydrogen-bond acceptors (Lipinski definition) is 3. The Bertz CT molecular complexity index is 350. The van der Waals surface area contributed by atoms with Crippen molar-refractivity contribution in [2.45, 2.75) is 70.5 Å². The van der Waals surface area contributed by atoms with Crippen LogP contribution in [0.3, 0.4) is 0 Å². The SMILES string of the molecule is CCC(OC1CCCC1)C(=O)N1CCC2(CCNC2)CC1. The molecule has 0 bridgehead atoms. The topological polar surface area (TPSA) is 41.6 Å². The Labute approximate surface area is 128 Å². The zero-order valence-electron chi connectivity index (χ0n) is 13.4. The highest BCUT2D eigenvalue weighted by Gasteiger charge is 2.39. The molecule has 4 nitrogen and oxygen atoms in total. The molecule has 120 valence electrons. The zero-order chi connectivity index (χ0) is 14.7. The lowest BCUT2D eigenvalue weighted by atomic mass is 9.78. The average molecular weight is 294 g/mol. The van der Waals surface area contributed by atoms with E-state index in [-0.39, 0.29) is 12.0 Å². The van der Waals surface area contributed by atoms with E-state index in [4.69, 9.17) is 4.74 Å². The normalized spacial score (nSPS) is 27.4. The summed E-state index contributed by atoms with van der Waals surface area (Å²) in [7, 11) is 0. The van der Waals surface area contributed by atoms with Crippen LogP contribution < -0.4 is 5.32 Å². The second-order valence-corrected chi connectivity index (χ2v) is 7.19. The summed E-state index contributed by atoms with van der Waals surface area (Å²) in [5, 5.41) is 3.48. The lowest BCUT2D eigenvalue weighted by molar-refractivity contribution is -0.150. The van der Waals surface area contributed by atoms with Gasteiger partial charge in [0, 0.05) is 19.6 Å². The number of hydrogen-bond donors (Lipinski definition) is 1. The van der Waals surface area contributed by atoms with Crippen molar-refractivity contribution in [3.63, 3.8) is 0 Å². The van der Waals surface area contributed by atoms with Crippen LogP contribution in [0.1, 0.15) is 58.3 Å². The van der Waals surface area contributed by atoms with Gasteiger partial charge >= 0.3 is 0 Å². The molecule has 2 saturated heterocycles. The first-order valence-electron chi connectivity index (χ1n) is 8.87. The van der Waals surface area contributed by atoms with E-state index in [0.717, 1.165) is 58.3 Å². The highest BCUT2D eigenvalue weighted by Crippen LogP contribution is 2.37. The van der Waals surface area contributed by atoms with Crippen molar-refractivity contribution in [2.24, 2.45) is 5.41 Å². The van der Waals surface area contributed by atoms with E-state index in [0.29, 0.717) is 11.5 Å². The maximum atomic E-state index is 12.7. The largest absolute Gasteiger partial charge is 0.365 e. The Morgan fingerprint density at radius 1 is 1.29 bits per heavy atom. The van der Waals surface area contributed by atoms with Crippen molar-refractivity contribution in [3.8, 4) is 0 Å². The maximum Gasteiger partial charge on any atom is 0.251 e. The third-order valence-corrected chi connectivity index (χ3v) is 5.77. The first kappa shape index (κ1) is 15.3. The van der Waals surface area contributed by atoms with Gasteiger partial charge in [-0.15, -0.1) is 0 Å². The molecule has 3 fully saturated rings. The summed E-state index contributed by atoms with van der Waals surface area (Å²) >= 11 is 0. The van der Waals surface area contributed by atoms with Gasteiger partial charge in [-0.3, -0.25) is 4.79 Å². The maximum absolute atomic E-state index is 12.7. The van der Waals surface area contributed by atoms with Crippen LogP contribution in [0.25, 0.3) is 0 Å². The van der Waals surface area contributed by atoms with Gasteiger partial charge in [0.25, 0.3) is 5.91 Å². The summed E-state index contributed by atoms with van der Waals surface area (Å²) in [6.45, 7) is 6.21. The van der Waals surface area contributed by atoms with E-state index in [1.165, 1.54) is 19.3 Å². The summed E-state index contributed by atoms with van der Waals surface area (Å²) in [4.78, 5) is 14.8. The van der Waals surface area contributed by atoms with Crippen molar-refractivity contribution < 1.29 is 9.53 Å². The minimum Gasteiger partial charge on any atom is -0.365 e. The predicted molar refractivity (Wildman–Crippen MR) is 83.2 cm³/mol. The van der Waals surface area contributed by atoms with Crippen LogP contribution in [-0.4, -0.2) is 49.2 Å². The molecule has 0 radical (unpaired) electrons. The predicted octanol–water partition coefficient (Wildman–Crippen LogP) is 2.33. The third-order valence-electron chi connectivity index (χ3n) is 5.77. The van der Waals surface area contributed by atoms with Gasteiger partial charge < -0.3 is 15.0 Å². The van der Waals surface area contributed by atoms with Gasteiger partial charge in [0.05, 0.1) is 6.10 Å². The second-order valence-electron chi connectivity index (χ2n) is 7.19. The van der Waals surface area contributed by atoms with Gasteiger partial charge in [0.15, 0.2) is 0 Å². The smallest absolute Gasteiger partial charge is 0.251 e. The lowest BCUT2D eigenvalue weighted by Crippen LogP contribution is -2.48. The number of amides is 1. The molecule has 1 amide bonds. The van der Waals surface area contributed by atoms with Crippen molar-refractivity contribution >= 4 is 5.91 Å². The standard InChI is InChI=1S/C17H30N2O2/c1-2-15(21-14-5-3-4-6-14)16(20)19-11-8-17(9-12-19)7-10-18-13-17/h14-15,18H,2-13H2,1H3. The molecular weight excluding hydrogens is 264 g/mol. The molecule has 3 rings (SSSR count). The van der Waals surface area contributed by atoms with Crippen molar-refractivity contribution in [3.05, 3.63) is 0 Å². The first-order valence-corrected chi connectivity index (χ1v) is 8.87. The number of ether oxygens (including phenoxy) is 1. The lowest BCUT2D eigenvalue weighted by Gasteiger charge is -2.40. The van der Waals surface area contributed by atoms with Crippen molar-refractivity contribution in [2.75, 3.05) is 26.2 Å². The fourth-order valence-corrected chi connectivity index (χ4v) is 4.21. The van der Waals surface area contributed by atoms with E-state index in [2.05, 4.69) is 17.1 Å². The number of nitrogens with zero attached hydrogens (tertiary/aromatic N) is 1. The van der Waals surface area contributed by atoms with Crippen LogP contribution in [-0.2, 0) is 9.53 Å². The van der Waals surface area contributed by atoms with Crippen LogP contribution in [0.2, 0.25) is 0 Å². The number of carbonyl (C=O) groups excluding carboxylic acids is 1. The average Bonchev–Trinajstić information content (AvgIpc) is 3.17. The summed E-state index contributed by atoms with van der Waals surface area (Å²) < 4.78 is 6.09. The summed E-state index contributed by atoms with van der Waals surface area (Å²) in [6, 6.07) is 0. The number of piperidine rings is 1. The van der Waals surface area contributed by atoms with Gasteiger partial charge in [-0.25, -0.2) is 0 Å². The number of rotatable bonds is 4. The van der Waals surface area contributed by atoms with Crippen molar-refractivity contribution in [1.82, 2.24) is 10.2 Å². The Morgan fingerprint density at radius 2 is 2.00 bits per heavy atom. The molecule has 1 unspecified atom stereocenters. The molecule has 0 aromatic rings. The van der Waals surface area contributed by atoms with E-state index >= 15 is 0 Å². The molecule has 0 aromatic carbocycles. The van der Waals surface area contributed by atoms with Gasteiger partial charge in [-0.1, -0.05) is 19.8 Å². The molecule has 2 heterocycles. The highest BCUT2D eigenvalue weighted by atomic mass is 16.5. The minimum absolute atomic E-state index is 0.205. The van der Waals surface area contributed by atoms with Gasteiger partial charge in [0.1, 0.15) is 6.10 Å². The van der Waals surface area contributed by atoms with Crippen LogP contribution >= 0.6 is 0 Å². The van der Waals surface area contributed by atoms with Gasteiger partial charge in [-0.2, -0.15) is 0 Å². The molecule has 1 spiro atoms. The molecule has 1 N–H and O–H groups in total. The van der Waals surface area contributed by atoms with E-state index < -0.39 is 0 Å². The zero-order valence-corrected chi connectivity index (χ0v) is 13.4. The van der Waals surface area contributed by atoms with Crippen LogP contribution in [0.5, 0.6) is 0 Å². The Morgan fingerprint density at radius 3 is 2.57 bits per heavy atom. The molecule has 21 heavy (non-hydrogen) atoms. The molecule has 1 saturated carbocycles. The number of likely N-dealkylation sites (tertiary alicyclic amines) is 1. The minimum atomic E-state index is -0.205. The molecule has 4 heteroatoms. The van der Waals surface area contributed by atoms with Gasteiger partial charge in [-0.05, 0) is 50.5 Å². The van der Waals surface area contributed by atoms with Crippen molar-refractivity contribution in [1.29, 1.82) is 0 Å². The molecule has 1 atom stereocenters. The molecule has 1 aliphatic carbocycles. The summed E-state index contributed by atoms with van der Waals surface area (Å²) in [6.07, 6.45) is 9.32. The molecule has 2 aliphatic heterocycles. The first-order chi connectivity index (χ1) is 10.2. The molecule has 3 aliphatic rings. The van der Waals surface area contributed by atoms with E-state index in [1.807, 2.05) is 0 Å². The number of nitrogens with one attached hydrogen (secondary N) is 1. The van der Waals surface area contributed by atoms with Crippen LogP contribution in [0.15, 0.2) is 0 Å². The monoisotopic (exact) mass is 294 g/mol. The third kappa shape index (κ3) is 3.42. The van der Waals surface area contributed by atoms with Gasteiger partial charge in [0.2, 0.25) is 0 Å². The Hall–Kier alpha value is -0.610.